The quantitative estimate of drug-likeness (QED) is 0.845. The van der Waals surface area contributed by atoms with Crippen LogP contribution in [-0.4, -0.2) is 24.5 Å². The molecular formula is C12H14N4O4S. The Bertz CT molecular complexity index is 737. The fourth-order valence-electron chi connectivity index (χ4n) is 1.57. The number of carbonyl (C=O) groups excluding carboxylic acids is 1. The lowest BCUT2D eigenvalue weighted by molar-refractivity contribution is -0.114. The van der Waals surface area contributed by atoms with Gasteiger partial charge in [0.25, 0.3) is 0 Å². The average Bonchev–Trinajstić information content (AvgIpc) is 2.82. The first kappa shape index (κ1) is 15.1. The zero-order valence-corrected chi connectivity index (χ0v) is 12.3. The van der Waals surface area contributed by atoms with Crippen LogP contribution in [-0.2, 0) is 21.4 Å². The summed E-state index contributed by atoms with van der Waals surface area (Å²) in [5, 5.41) is 6.12. The number of anilines is 1. The summed E-state index contributed by atoms with van der Waals surface area (Å²) in [6.07, 6.45) is 0. The second-order valence-electron chi connectivity index (χ2n) is 4.27. The number of aromatic nitrogens is 2. The summed E-state index contributed by atoms with van der Waals surface area (Å²) in [5.74, 6) is 0.394. The van der Waals surface area contributed by atoms with E-state index in [2.05, 4.69) is 20.2 Å². The summed E-state index contributed by atoms with van der Waals surface area (Å²) in [6.45, 7) is 2.93. The average molecular weight is 310 g/mol. The Morgan fingerprint density at radius 1 is 1.29 bits per heavy atom. The highest BCUT2D eigenvalue weighted by Crippen LogP contribution is 2.14. The molecule has 0 atom stereocenters. The molecular weight excluding hydrogens is 296 g/mol. The topological polar surface area (TPSA) is 114 Å². The lowest BCUT2D eigenvalue weighted by atomic mass is 10.3. The number of benzene rings is 1. The molecule has 9 heteroatoms. The van der Waals surface area contributed by atoms with Gasteiger partial charge in [-0.15, -0.1) is 0 Å². The molecule has 0 aliphatic carbocycles. The molecule has 2 aromatic rings. The zero-order valence-electron chi connectivity index (χ0n) is 11.5. The van der Waals surface area contributed by atoms with E-state index in [1.54, 1.807) is 6.92 Å². The summed E-state index contributed by atoms with van der Waals surface area (Å²) in [5.41, 5.74) is 0.522. The van der Waals surface area contributed by atoms with Crippen LogP contribution in [0.15, 0.2) is 33.7 Å². The Morgan fingerprint density at radius 3 is 2.48 bits per heavy atom. The number of sulfonamides is 1. The second-order valence-corrected chi connectivity index (χ2v) is 6.03. The number of rotatable bonds is 5. The van der Waals surface area contributed by atoms with E-state index in [-0.39, 0.29) is 23.2 Å². The fourth-order valence-corrected chi connectivity index (χ4v) is 2.55. The van der Waals surface area contributed by atoms with Crippen LogP contribution in [0, 0.1) is 6.92 Å². The molecule has 0 aliphatic heterocycles. The Balaban J connectivity index is 2.06. The lowest BCUT2D eigenvalue weighted by Crippen LogP contribution is -2.23. The zero-order chi connectivity index (χ0) is 15.5. The van der Waals surface area contributed by atoms with Crippen LogP contribution in [0.1, 0.15) is 18.6 Å². The van der Waals surface area contributed by atoms with Crippen LogP contribution in [0.5, 0.6) is 0 Å². The Morgan fingerprint density at radius 2 is 1.95 bits per heavy atom. The minimum absolute atomic E-state index is 0.0767. The Hall–Kier alpha value is -2.26. The van der Waals surface area contributed by atoms with Crippen molar-refractivity contribution in [2.75, 3.05) is 5.32 Å². The molecule has 0 bridgehead atoms. The molecule has 0 saturated heterocycles. The number of hydrogen-bond donors (Lipinski definition) is 2. The molecule has 1 aromatic carbocycles. The molecule has 1 heterocycles. The molecule has 21 heavy (non-hydrogen) atoms. The molecule has 1 aromatic heterocycles. The van der Waals surface area contributed by atoms with Crippen molar-refractivity contribution >= 4 is 21.6 Å². The number of hydrogen-bond acceptors (Lipinski definition) is 6. The third kappa shape index (κ3) is 4.10. The van der Waals surface area contributed by atoms with Gasteiger partial charge in [0.15, 0.2) is 5.82 Å². The van der Waals surface area contributed by atoms with E-state index in [0.717, 1.165) is 0 Å². The molecule has 0 aliphatic rings. The molecule has 0 fully saturated rings. The van der Waals surface area contributed by atoms with Crippen molar-refractivity contribution in [1.29, 1.82) is 0 Å². The van der Waals surface area contributed by atoms with E-state index in [0.29, 0.717) is 11.5 Å². The molecule has 1 amide bonds. The molecule has 0 saturated carbocycles. The minimum atomic E-state index is -3.68. The summed E-state index contributed by atoms with van der Waals surface area (Å²) in [6, 6.07) is 5.80. The fraction of sp³-hybridized carbons (Fsp3) is 0.250. The first-order valence-electron chi connectivity index (χ1n) is 6.03. The Labute approximate surface area is 121 Å². The number of nitrogens with zero attached hydrogens (tertiary/aromatic N) is 2. The summed E-state index contributed by atoms with van der Waals surface area (Å²) in [7, 11) is -3.68. The molecule has 0 unspecified atom stereocenters. The van der Waals surface area contributed by atoms with Crippen molar-refractivity contribution in [3.05, 3.63) is 36.0 Å². The van der Waals surface area contributed by atoms with Crippen LogP contribution in [0.25, 0.3) is 0 Å². The van der Waals surface area contributed by atoms with Gasteiger partial charge in [-0.05, 0) is 31.2 Å². The summed E-state index contributed by atoms with van der Waals surface area (Å²) < 4.78 is 31.3. The van der Waals surface area contributed by atoms with Gasteiger partial charge in [0, 0.05) is 12.6 Å². The summed E-state index contributed by atoms with van der Waals surface area (Å²) >= 11 is 0. The van der Waals surface area contributed by atoms with Gasteiger partial charge < -0.3 is 9.84 Å². The van der Waals surface area contributed by atoms with Gasteiger partial charge in [-0.3, -0.25) is 4.79 Å². The first-order chi connectivity index (χ1) is 9.87. The molecule has 2 rings (SSSR count). The van der Waals surface area contributed by atoms with Crippen molar-refractivity contribution in [1.82, 2.24) is 14.9 Å². The predicted molar refractivity (Wildman–Crippen MR) is 73.8 cm³/mol. The van der Waals surface area contributed by atoms with Gasteiger partial charge >= 0.3 is 0 Å². The summed E-state index contributed by atoms with van der Waals surface area (Å²) in [4.78, 5) is 14.9. The third-order valence-electron chi connectivity index (χ3n) is 2.47. The Kier molecular flexibility index (Phi) is 4.34. The van der Waals surface area contributed by atoms with Gasteiger partial charge in [0.2, 0.25) is 21.8 Å². The molecule has 112 valence electrons. The second kappa shape index (κ2) is 6.02. The minimum Gasteiger partial charge on any atom is -0.338 e. The lowest BCUT2D eigenvalue weighted by Gasteiger charge is -2.06. The smallest absolute Gasteiger partial charge is 0.241 e. The van der Waals surface area contributed by atoms with Crippen LogP contribution in [0.3, 0.4) is 0 Å². The molecule has 2 N–H and O–H groups in total. The van der Waals surface area contributed by atoms with E-state index >= 15 is 0 Å². The van der Waals surface area contributed by atoms with Crippen LogP contribution in [0.4, 0.5) is 5.69 Å². The number of aryl methyl sites for hydroxylation is 1. The monoisotopic (exact) mass is 310 g/mol. The molecule has 0 radical (unpaired) electrons. The highest BCUT2D eigenvalue weighted by molar-refractivity contribution is 7.89. The van der Waals surface area contributed by atoms with E-state index in [9.17, 15) is 13.2 Å². The maximum atomic E-state index is 12.1. The van der Waals surface area contributed by atoms with Crippen LogP contribution < -0.4 is 10.0 Å². The van der Waals surface area contributed by atoms with E-state index in [4.69, 9.17) is 4.52 Å². The SMILES string of the molecule is CC(=O)Nc1ccc(S(=O)(=O)NCc2nc(C)no2)cc1. The number of amides is 1. The van der Waals surface area contributed by atoms with Gasteiger partial charge in [-0.2, -0.15) is 4.98 Å². The molecule has 0 spiro atoms. The first-order valence-corrected chi connectivity index (χ1v) is 7.51. The van der Waals surface area contributed by atoms with E-state index < -0.39 is 10.0 Å². The van der Waals surface area contributed by atoms with Crippen molar-refractivity contribution in [3.63, 3.8) is 0 Å². The number of carbonyl (C=O) groups is 1. The van der Waals surface area contributed by atoms with Crippen LogP contribution >= 0.6 is 0 Å². The third-order valence-corrected chi connectivity index (χ3v) is 3.89. The van der Waals surface area contributed by atoms with Gasteiger partial charge in [0.1, 0.15) is 0 Å². The highest BCUT2D eigenvalue weighted by atomic mass is 32.2. The van der Waals surface area contributed by atoms with Crippen molar-refractivity contribution in [3.8, 4) is 0 Å². The maximum Gasteiger partial charge on any atom is 0.241 e. The van der Waals surface area contributed by atoms with Crippen molar-refractivity contribution in [2.45, 2.75) is 25.3 Å². The molecule has 8 nitrogen and oxygen atoms in total. The van der Waals surface area contributed by atoms with E-state index in [1.807, 2.05) is 0 Å². The maximum absolute atomic E-state index is 12.1. The van der Waals surface area contributed by atoms with Crippen LogP contribution in [0.2, 0.25) is 0 Å². The van der Waals surface area contributed by atoms with Crippen molar-refractivity contribution in [2.24, 2.45) is 0 Å². The standard InChI is InChI=1S/C12H14N4O4S/c1-8-14-12(20-16-8)7-13-21(18,19)11-5-3-10(4-6-11)15-9(2)17/h3-6,13H,7H2,1-2H3,(H,15,17). The largest absolute Gasteiger partial charge is 0.338 e. The van der Waals surface area contributed by atoms with E-state index in [1.165, 1.54) is 31.2 Å². The highest BCUT2D eigenvalue weighted by Gasteiger charge is 2.15. The predicted octanol–water partition coefficient (Wildman–Crippen LogP) is 0.815. The number of nitrogens with one attached hydrogen (secondary N) is 2. The van der Waals surface area contributed by atoms with Gasteiger partial charge in [0.05, 0.1) is 11.4 Å². The van der Waals surface area contributed by atoms with Gasteiger partial charge in [-0.1, -0.05) is 5.16 Å². The van der Waals surface area contributed by atoms with Gasteiger partial charge in [-0.25, -0.2) is 13.1 Å². The van der Waals surface area contributed by atoms with Crippen molar-refractivity contribution < 1.29 is 17.7 Å². The normalized spacial score (nSPS) is 11.3.